The minimum Gasteiger partial charge on any atom is -0.465 e. The van der Waals surface area contributed by atoms with E-state index in [2.05, 4.69) is 4.74 Å². The highest BCUT2D eigenvalue weighted by molar-refractivity contribution is 5.89. The standard InChI is InChI=1S/C19H25F3N2O4/c1-19(2,3)28-18(26)24-10-9-23(16(22)15(20)21)11-14(24)12-5-7-13(8-6-12)17(25)27-4/h5-8,14-16H,9-11H2,1-4H3. The van der Waals surface area contributed by atoms with E-state index >= 15 is 0 Å². The second-order valence-corrected chi connectivity index (χ2v) is 7.51. The molecule has 2 unspecified atom stereocenters. The zero-order valence-electron chi connectivity index (χ0n) is 16.3. The summed E-state index contributed by atoms with van der Waals surface area (Å²) >= 11 is 0. The summed E-state index contributed by atoms with van der Waals surface area (Å²) in [5.74, 6) is -0.526. The van der Waals surface area contributed by atoms with E-state index in [1.165, 1.54) is 24.1 Å². The number of methoxy groups -OCH3 is 1. The topological polar surface area (TPSA) is 59.1 Å². The molecule has 0 radical (unpaired) electrons. The average molecular weight is 402 g/mol. The molecule has 1 aromatic carbocycles. The van der Waals surface area contributed by atoms with E-state index in [1.807, 2.05) is 0 Å². The van der Waals surface area contributed by atoms with Crippen LogP contribution in [0.2, 0.25) is 0 Å². The number of carbonyl (C=O) groups excluding carboxylic acids is 2. The molecule has 0 spiro atoms. The SMILES string of the molecule is COC(=O)c1ccc(C2CN(C(F)C(F)F)CCN2C(=O)OC(C)(C)C)cc1. The van der Waals surface area contributed by atoms with Gasteiger partial charge in [-0.1, -0.05) is 12.1 Å². The highest BCUT2D eigenvalue weighted by atomic mass is 19.3. The largest absolute Gasteiger partial charge is 0.465 e. The second kappa shape index (κ2) is 8.81. The van der Waals surface area contributed by atoms with Crippen LogP contribution in [0.5, 0.6) is 0 Å². The summed E-state index contributed by atoms with van der Waals surface area (Å²) in [6.07, 6.45) is -6.17. The van der Waals surface area contributed by atoms with Gasteiger partial charge in [-0.25, -0.2) is 22.8 Å². The van der Waals surface area contributed by atoms with Crippen molar-refractivity contribution < 1.29 is 32.2 Å². The Kier molecular flexibility index (Phi) is 6.92. The van der Waals surface area contributed by atoms with Gasteiger partial charge < -0.3 is 9.47 Å². The zero-order chi connectivity index (χ0) is 21.1. The third-order valence-electron chi connectivity index (χ3n) is 4.31. The molecular formula is C19H25F3N2O4. The Morgan fingerprint density at radius 2 is 1.71 bits per heavy atom. The molecule has 1 heterocycles. The molecule has 0 aliphatic carbocycles. The molecule has 0 saturated carbocycles. The minimum atomic E-state index is -3.14. The lowest BCUT2D eigenvalue weighted by molar-refractivity contribution is -0.0793. The molecule has 0 aromatic heterocycles. The number of rotatable bonds is 4. The number of esters is 1. The van der Waals surface area contributed by atoms with Gasteiger partial charge in [0.2, 0.25) is 6.30 Å². The molecule has 28 heavy (non-hydrogen) atoms. The third-order valence-corrected chi connectivity index (χ3v) is 4.31. The maximum Gasteiger partial charge on any atom is 0.410 e. The van der Waals surface area contributed by atoms with Crippen LogP contribution in [0.1, 0.15) is 42.7 Å². The number of nitrogens with zero attached hydrogens (tertiary/aromatic N) is 2. The van der Waals surface area contributed by atoms with E-state index < -0.39 is 36.4 Å². The molecule has 2 atom stereocenters. The molecule has 6 nitrogen and oxygen atoms in total. The van der Waals surface area contributed by atoms with Gasteiger partial charge in [-0.3, -0.25) is 9.80 Å². The Balaban J connectivity index is 2.29. The molecule has 1 aliphatic rings. The number of hydrogen-bond donors (Lipinski definition) is 0. The fraction of sp³-hybridized carbons (Fsp3) is 0.579. The van der Waals surface area contributed by atoms with Crippen molar-refractivity contribution in [3.63, 3.8) is 0 Å². The highest BCUT2D eigenvalue weighted by Crippen LogP contribution is 2.30. The Morgan fingerprint density at radius 3 is 2.21 bits per heavy atom. The van der Waals surface area contributed by atoms with Crippen LogP contribution in [0.4, 0.5) is 18.0 Å². The summed E-state index contributed by atoms with van der Waals surface area (Å²) < 4.78 is 49.6. The van der Waals surface area contributed by atoms with Gasteiger partial charge in [0, 0.05) is 19.6 Å². The fourth-order valence-corrected chi connectivity index (χ4v) is 2.97. The van der Waals surface area contributed by atoms with Crippen molar-refractivity contribution in [3.8, 4) is 0 Å². The number of alkyl halides is 3. The van der Waals surface area contributed by atoms with Crippen molar-refractivity contribution in [2.45, 2.75) is 45.1 Å². The van der Waals surface area contributed by atoms with Crippen molar-refractivity contribution in [2.75, 3.05) is 26.7 Å². The quantitative estimate of drug-likeness (QED) is 0.569. The molecule has 2 rings (SSSR count). The predicted octanol–water partition coefficient (Wildman–Crippen LogP) is 3.63. The molecule has 1 saturated heterocycles. The third kappa shape index (κ3) is 5.37. The molecule has 0 bridgehead atoms. The second-order valence-electron chi connectivity index (χ2n) is 7.51. The van der Waals surface area contributed by atoms with Gasteiger partial charge in [-0.2, -0.15) is 0 Å². The van der Waals surface area contributed by atoms with Gasteiger partial charge >= 0.3 is 12.1 Å². The van der Waals surface area contributed by atoms with Crippen LogP contribution in [0, 0.1) is 0 Å². The van der Waals surface area contributed by atoms with E-state index in [1.54, 1.807) is 32.9 Å². The van der Waals surface area contributed by atoms with Gasteiger partial charge in [-0.15, -0.1) is 0 Å². The van der Waals surface area contributed by atoms with Crippen molar-refractivity contribution in [3.05, 3.63) is 35.4 Å². The number of benzene rings is 1. The number of hydrogen-bond acceptors (Lipinski definition) is 5. The normalized spacial score (nSPS) is 19.4. The van der Waals surface area contributed by atoms with Gasteiger partial charge in [0.25, 0.3) is 6.43 Å². The van der Waals surface area contributed by atoms with E-state index in [0.29, 0.717) is 11.1 Å². The summed E-state index contributed by atoms with van der Waals surface area (Å²) in [7, 11) is 1.26. The van der Waals surface area contributed by atoms with Crippen molar-refractivity contribution >= 4 is 12.1 Å². The fourth-order valence-electron chi connectivity index (χ4n) is 2.97. The Bertz CT molecular complexity index is 691. The first-order valence-corrected chi connectivity index (χ1v) is 8.87. The number of carbonyl (C=O) groups is 2. The van der Waals surface area contributed by atoms with Crippen LogP contribution in [0.15, 0.2) is 24.3 Å². The van der Waals surface area contributed by atoms with Crippen molar-refractivity contribution in [1.82, 2.24) is 9.80 Å². The lowest BCUT2D eigenvalue weighted by Crippen LogP contribution is -2.54. The summed E-state index contributed by atoms with van der Waals surface area (Å²) in [5.41, 5.74) is 0.141. The number of piperazine rings is 1. The molecule has 9 heteroatoms. The van der Waals surface area contributed by atoms with Gasteiger partial charge in [0.15, 0.2) is 0 Å². The lowest BCUT2D eigenvalue weighted by atomic mass is 10.0. The number of halogens is 3. The molecule has 156 valence electrons. The van der Waals surface area contributed by atoms with Crippen LogP contribution < -0.4 is 0 Å². The van der Waals surface area contributed by atoms with Crippen LogP contribution in [0.3, 0.4) is 0 Å². The first kappa shape index (κ1) is 22.0. The highest BCUT2D eigenvalue weighted by Gasteiger charge is 2.38. The Labute approximate surface area is 162 Å². The number of amides is 1. The maximum atomic E-state index is 13.9. The summed E-state index contributed by atoms with van der Waals surface area (Å²) in [6.45, 7) is 5.02. The number of ether oxygens (including phenoxy) is 2. The van der Waals surface area contributed by atoms with E-state index in [9.17, 15) is 22.8 Å². The average Bonchev–Trinajstić information content (AvgIpc) is 2.65. The molecule has 1 fully saturated rings. The molecule has 1 aliphatic heterocycles. The van der Waals surface area contributed by atoms with Crippen LogP contribution >= 0.6 is 0 Å². The van der Waals surface area contributed by atoms with Gasteiger partial charge in [0.05, 0.1) is 18.7 Å². The maximum absolute atomic E-state index is 13.9. The van der Waals surface area contributed by atoms with E-state index in [4.69, 9.17) is 4.74 Å². The summed E-state index contributed by atoms with van der Waals surface area (Å²) in [4.78, 5) is 26.6. The van der Waals surface area contributed by atoms with Crippen LogP contribution in [0.25, 0.3) is 0 Å². The zero-order valence-corrected chi connectivity index (χ0v) is 16.3. The Hall–Kier alpha value is -2.29. The smallest absolute Gasteiger partial charge is 0.410 e. The molecule has 1 aromatic rings. The Morgan fingerprint density at radius 1 is 1.11 bits per heavy atom. The first-order chi connectivity index (χ1) is 13.0. The van der Waals surface area contributed by atoms with E-state index in [-0.39, 0.29) is 19.6 Å². The lowest BCUT2D eigenvalue weighted by Gasteiger charge is -2.42. The van der Waals surface area contributed by atoms with Gasteiger partial charge in [-0.05, 0) is 38.5 Å². The molecule has 1 amide bonds. The first-order valence-electron chi connectivity index (χ1n) is 8.87. The molecule has 0 N–H and O–H groups in total. The predicted molar refractivity (Wildman–Crippen MR) is 95.9 cm³/mol. The summed E-state index contributed by atoms with van der Waals surface area (Å²) in [6, 6.07) is 5.49. The van der Waals surface area contributed by atoms with Crippen molar-refractivity contribution in [2.24, 2.45) is 0 Å². The van der Waals surface area contributed by atoms with Crippen LogP contribution in [-0.2, 0) is 9.47 Å². The summed E-state index contributed by atoms with van der Waals surface area (Å²) in [5, 5.41) is 0. The minimum absolute atomic E-state index is 0.0332. The van der Waals surface area contributed by atoms with Crippen LogP contribution in [-0.4, -0.2) is 66.9 Å². The van der Waals surface area contributed by atoms with Crippen molar-refractivity contribution in [1.29, 1.82) is 0 Å². The van der Waals surface area contributed by atoms with E-state index in [0.717, 1.165) is 4.90 Å². The monoisotopic (exact) mass is 402 g/mol. The molecular weight excluding hydrogens is 377 g/mol. The van der Waals surface area contributed by atoms with Gasteiger partial charge in [0.1, 0.15) is 5.60 Å².